The summed E-state index contributed by atoms with van der Waals surface area (Å²) in [6.07, 6.45) is -2.65. The SMILES string of the molecule is NC1CCCN(c2ccc(OC(F)(F)F)cc2)C1. The first-order chi connectivity index (χ1) is 8.44. The highest BCUT2D eigenvalue weighted by Crippen LogP contribution is 2.26. The third kappa shape index (κ3) is 3.53. The molecule has 0 radical (unpaired) electrons. The largest absolute Gasteiger partial charge is 0.573 e. The van der Waals surface area contributed by atoms with Crippen molar-refractivity contribution in [1.29, 1.82) is 0 Å². The molecule has 3 nitrogen and oxygen atoms in total. The number of rotatable bonds is 2. The molecule has 1 aromatic carbocycles. The van der Waals surface area contributed by atoms with Crippen LogP contribution in [0.3, 0.4) is 0 Å². The molecule has 1 aliphatic rings. The van der Waals surface area contributed by atoms with Crippen molar-refractivity contribution in [3.8, 4) is 5.75 Å². The van der Waals surface area contributed by atoms with Gasteiger partial charge in [-0.15, -0.1) is 13.2 Å². The van der Waals surface area contributed by atoms with Crippen molar-refractivity contribution in [3.05, 3.63) is 24.3 Å². The lowest BCUT2D eigenvalue weighted by molar-refractivity contribution is -0.274. The van der Waals surface area contributed by atoms with Crippen molar-refractivity contribution in [2.75, 3.05) is 18.0 Å². The van der Waals surface area contributed by atoms with Gasteiger partial charge in [-0.2, -0.15) is 0 Å². The molecule has 6 heteroatoms. The molecular weight excluding hydrogens is 245 g/mol. The second-order valence-electron chi connectivity index (χ2n) is 4.39. The molecule has 1 heterocycles. The lowest BCUT2D eigenvalue weighted by Gasteiger charge is -2.32. The quantitative estimate of drug-likeness (QED) is 0.888. The zero-order chi connectivity index (χ0) is 13.2. The number of alkyl halides is 3. The number of benzene rings is 1. The Hall–Kier alpha value is -1.43. The lowest BCUT2D eigenvalue weighted by Crippen LogP contribution is -2.42. The smallest absolute Gasteiger partial charge is 0.406 e. The fourth-order valence-electron chi connectivity index (χ4n) is 2.10. The third-order valence-electron chi connectivity index (χ3n) is 2.89. The maximum atomic E-state index is 12.0. The predicted molar refractivity (Wildman–Crippen MR) is 62.5 cm³/mol. The van der Waals surface area contributed by atoms with Crippen LogP contribution in [0.5, 0.6) is 5.75 Å². The molecule has 2 rings (SSSR count). The van der Waals surface area contributed by atoms with Crippen LogP contribution in [-0.2, 0) is 0 Å². The second kappa shape index (κ2) is 5.06. The summed E-state index contributed by atoms with van der Waals surface area (Å²) in [7, 11) is 0. The molecular formula is C12H15F3N2O. The Labute approximate surface area is 103 Å². The van der Waals surface area contributed by atoms with E-state index in [9.17, 15) is 13.2 Å². The first-order valence-electron chi connectivity index (χ1n) is 5.80. The highest BCUT2D eigenvalue weighted by atomic mass is 19.4. The molecule has 2 N–H and O–H groups in total. The first kappa shape index (κ1) is 13.0. The summed E-state index contributed by atoms with van der Waals surface area (Å²) >= 11 is 0. The Morgan fingerprint density at radius 2 is 1.89 bits per heavy atom. The molecule has 18 heavy (non-hydrogen) atoms. The van der Waals surface area contributed by atoms with E-state index < -0.39 is 6.36 Å². The van der Waals surface area contributed by atoms with Gasteiger partial charge in [0.1, 0.15) is 5.75 Å². The molecule has 100 valence electrons. The van der Waals surface area contributed by atoms with Crippen molar-refractivity contribution in [2.45, 2.75) is 25.2 Å². The minimum Gasteiger partial charge on any atom is -0.406 e. The fourth-order valence-corrected chi connectivity index (χ4v) is 2.10. The Balaban J connectivity index is 2.03. The molecule has 1 atom stereocenters. The van der Waals surface area contributed by atoms with E-state index in [0.29, 0.717) is 0 Å². The van der Waals surface area contributed by atoms with Crippen LogP contribution in [0.25, 0.3) is 0 Å². The van der Waals surface area contributed by atoms with E-state index >= 15 is 0 Å². The normalized spacial score (nSPS) is 20.9. The average molecular weight is 260 g/mol. The van der Waals surface area contributed by atoms with Gasteiger partial charge in [0.05, 0.1) is 0 Å². The van der Waals surface area contributed by atoms with E-state index in [-0.39, 0.29) is 11.8 Å². The topological polar surface area (TPSA) is 38.5 Å². The molecule has 1 unspecified atom stereocenters. The number of hydrogen-bond donors (Lipinski definition) is 1. The van der Waals surface area contributed by atoms with Crippen molar-refractivity contribution in [2.24, 2.45) is 5.73 Å². The molecule has 1 aromatic rings. The monoisotopic (exact) mass is 260 g/mol. The van der Waals surface area contributed by atoms with Gasteiger partial charge in [-0.3, -0.25) is 0 Å². The summed E-state index contributed by atoms with van der Waals surface area (Å²) < 4.78 is 39.8. The minimum atomic E-state index is -4.64. The minimum absolute atomic E-state index is 0.129. The summed E-state index contributed by atoms with van der Waals surface area (Å²) in [6, 6.07) is 6.02. The number of anilines is 1. The van der Waals surface area contributed by atoms with Crippen LogP contribution < -0.4 is 15.4 Å². The zero-order valence-corrected chi connectivity index (χ0v) is 9.78. The van der Waals surface area contributed by atoms with Gasteiger partial charge in [-0.25, -0.2) is 0 Å². The number of piperidine rings is 1. The highest BCUT2D eigenvalue weighted by Gasteiger charge is 2.31. The molecule has 0 saturated carbocycles. The number of halogens is 3. The number of nitrogens with zero attached hydrogens (tertiary/aromatic N) is 1. The van der Waals surface area contributed by atoms with Gasteiger partial charge in [0.25, 0.3) is 0 Å². The van der Waals surface area contributed by atoms with Gasteiger partial charge in [0.15, 0.2) is 0 Å². The van der Waals surface area contributed by atoms with Gasteiger partial charge in [0, 0.05) is 24.8 Å². The number of ether oxygens (including phenoxy) is 1. The van der Waals surface area contributed by atoms with Gasteiger partial charge in [-0.1, -0.05) is 0 Å². The van der Waals surface area contributed by atoms with E-state index in [1.165, 1.54) is 12.1 Å². The van der Waals surface area contributed by atoms with E-state index in [2.05, 4.69) is 9.64 Å². The van der Waals surface area contributed by atoms with Crippen molar-refractivity contribution in [3.63, 3.8) is 0 Å². The number of hydrogen-bond acceptors (Lipinski definition) is 3. The van der Waals surface area contributed by atoms with Gasteiger partial charge < -0.3 is 15.4 Å². The Bertz CT molecular complexity index is 391. The highest BCUT2D eigenvalue weighted by molar-refractivity contribution is 5.49. The van der Waals surface area contributed by atoms with Crippen LogP contribution in [-0.4, -0.2) is 25.5 Å². The molecule has 0 amide bonds. The maximum absolute atomic E-state index is 12.0. The molecule has 1 saturated heterocycles. The standard InChI is InChI=1S/C12H15F3N2O/c13-12(14,15)18-11-5-3-10(4-6-11)17-7-1-2-9(16)8-17/h3-6,9H,1-2,7-8,16H2. The van der Waals surface area contributed by atoms with Crippen molar-refractivity contribution in [1.82, 2.24) is 0 Å². The molecule has 1 aliphatic heterocycles. The van der Waals surface area contributed by atoms with Crippen LogP contribution in [0.1, 0.15) is 12.8 Å². The van der Waals surface area contributed by atoms with E-state index in [0.717, 1.165) is 31.6 Å². The summed E-state index contributed by atoms with van der Waals surface area (Å²) in [6.45, 7) is 1.62. The molecule has 0 bridgehead atoms. The fraction of sp³-hybridized carbons (Fsp3) is 0.500. The van der Waals surface area contributed by atoms with Crippen LogP contribution in [0.15, 0.2) is 24.3 Å². The summed E-state index contributed by atoms with van der Waals surface area (Å²) in [5.41, 5.74) is 6.74. The van der Waals surface area contributed by atoms with Crippen LogP contribution in [0.4, 0.5) is 18.9 Å². The Morgan fingerprint density at radius 1 is 1.22 bits per heavy atom. The van der Waals surface area contributed by atoms with Gasteiger partial charge >= 0.3 is 6.36 Å². The Morgan fingerprint density at radius 3 is 2.44 bits per heavy atom. The van der Waals surface area contributed by atoms with E-state index in [1.807, 2.05) is 0 Å². The van der Waals surface area contributed by atoms with E-state index in [4.69, 9.17) is 5.73 Å². The van der Waals surface area contributed by atoms with Crippen LogP contribution >= 0.6 is 0 Å². The maximum Gasteiger partial charge on any atom is 0.573 e. The third-order valence-corrected chi connectivity index (χ3v) is 2.89. The van der Waals surface area contributed by atoms with Gasteiger partial charge in [-0.05, 0) is 37.1 Å². The Kier molecular flexibility index (Phi) is 3.65. The van der Waals surface area contributed by atoms with Crippen LogP contribution in [0.2, 0.25) is 0 Å². The average Bonchev–Trinajstić information content (AvgIpc) is 2.28. The lowest BCUT2D eigenvalue weighted by atomic mass is 10.1. The van der Waals surface area contributed by atoms with Gasteiger partial charge in [0.2, 0.25) is 0 Å². The zero-order valence-electron chi connectivity index (χ0n) is 9.78. The van der Waals surface area contributed by atoms with E-state index in [1.54, 1.807) is 12.1 Å². The molecule has 1 fully saturated rings. The van der Waals surface area contributed by atoms with Crippen LogP contribution in [0, 0.1) is 0 Å². The summed E-state index contributed by atoms with van der Waals surface area (Å²) in [5, 5.41) is 0. The van der Waals surface area contributed by atoms with Crippen molar-refractivity contribution < 1.29 is 17.9 Å². The molecule has 0 spiro atoms. The first-order valence-corrected chi connectivity index (χ1v) is 5.80. The summed E-state index contributed by atoms with van der Waals surface area (Å²) in [5.74, 6) is -0.201. The number of nitrogens with two attached hydrogens (primary N) is 1. The van der Waals surface area contributed by atoms with Crippen molar-refractivity contribution >= 4 is 5.69 Å². The molecule has 0 aromatic heterocycles. The predicted octanol–water partition coefficient (Wildman–Crippen LogP) is 2.51. The molecule has 0 aliphatic carbocycles. The summed E-state index contributed by atoms with van der Waals surface area (Å²) in [4.78, 5) is 2.07. The second-order valence-corrected chi connectivity index (χ2v) is 4.39.